The Morgan fingerprint density at radius 2 is 1.65 bits per heavy atom. The van der Waals surface area contributed by atoms with Gasteiger partial charge in [0.1, 0.15) is 5.82 Å². The van der Waals surface area contributed by atoms with E-state index in [4.69, 9.17) is 0 Å². The fraction of sp³-hybridized carbons (Fsp3) is 0.529. The molecule has 1 aromatic carbocycles. The monoisotopic (exact) mass is 323 g/mol. The van der Waals surface area contributed by atoms with Crippen LogP contribution < -0.4 is 10.6 Å². The van der Waals surface area contributed by atoms with Gasteiger partial charge in [-0.1, -0.05) is 26.0 Å². The van der Waals surface area contributed by atoms with Gasteiger partial charge in [-0.05, 0) is 31.4 Å². The van der Waals surface area contributed by atoms with Gasteiger partial charge >= 0.3 is 6.03 Å². The van der Waals surface area contributed by atoms with Crippen molar-refractivity contribution in [2.75, 3.05) is 26.2 Å². The molecule has 0 saturated heterocycles. The molecule has 2 N–H and O–H groups in total. The molecular formula is C17H26FN3O2. The second-order valence-electron chi connectivity index (χ2n) is 5.31. The minimum absolute atomic E-state index is 0.0357. The van der Waals surface area contributed by atoms with Crippen LogP contribution in [0.25, 0.3) is 0 Å². The lowest BCUT2D eigenvalue weighted by Gasteiger charge is -2.21. The highest BCUT2D eigenvalue weighted by atomic mass is 19.1. The number of hydrogen-bond acceptors (Lipinski definition) is 2. The molecule has 0 aromatic heterocycles. The van der Waals surface area contributed by atoms with Crippen LogP contribution in [0.3, 0.4) is 0 Å². The second kappa shape index (κ2) is 10.6. The second-order valence-corrected chi connectivity index (χ2v) is 5.31. The van der Waals surface area contributed by atoms with Crippen molar-refractivity contribution in [2.24, 2.45) is 0 Å². The van der Waals surface area contributed by atoms with E-state index in [1.807, 2.05) is 13.8 Å². The fourth-order valence-corrected chi connectivity index (χ4v) is 2.19. The fourth-order valence-electron chi connectivity index (χ4n) is 2.19. The molecule has 23 heavy (non-hydrogen) atoms. The van der Waals surface area contributed by atoms with Crippen LogP contribution in [0, 0.1) is 5.82 Å². The van der Waals surface area contributed by atoms with Crippen LogP contribution in [-0.4, -0.2) is 43.0 Å². The van der Waals surface area contributed by atoms with Crippen molar-refractivity contribution in [1.29, 1.82) is 0 Å². The van der Waals surface area contributed by atoms with E-state index in [0.717, 1.165) is 25.9 Å². The molecule has 6 heteroatoms. The zero-order valence-corrected chi connectivity index (χ0v) is 13.9. The first-order chi connectivity index (χ1) is 11.1. The molecule has 0 aliphatic rings. The summed E-state index contributed by atoms with van der Waals surface area (Å²) in [6, 6.07) is 5.79. The third-order valence-corrected chi connectivity index (χ3v) is 3.31. The molecule has 0 fully saturated rings. The van der Waals surface area contributed by atoms with E-state index in [-0.39, 0.29) is 11.6 Å². The largest absolute Gasteiger partial charge is 0.352 e. The van der Waals surface area contributed by atoms with Gasteiger partial charge < -0.3 is 15.5 Å². The first kappa shape index (κ1) is 18.9. The van der Waals surface area contributed by atoms with Gasteiger partial charge in [0.2, 0.25) is 0 Å². The third-order valence-electron chi connectivity index (χ3n) is 3.31. The van der Waals surface area contributed by atoms with Gasteiger partial charge in [-0.15, -0.1) is 0 Å². The van der Waals surface area contributed by atoms with Crippen LogP contribution in [0.2, 0.25) is 0 Å². The third kappa shape index (κ3) is 6.67. The molecule has 5 nitrogen and oxygen atoms in total. The summed E-state index contributed by atoms with van der Waals surface area (Å²) in [6.07, 6.45) is 2.44. The highest BCUT2D eigenvalue weighted by Gasteiger charge is 2.11. The molecule has 0 unspecified atom stereocenters. The summed E-state index contributed by atoms with van der Waals surface area (Å²) >= 11 is 0. The average molecular weight is 323 g/mol. The quantitative estimate of drug-likeness (QED) is 0.687. The highest BCUT2D eigenvalue weighted by molar-refractivity contribution is 5.94. The normalized spacial score (nSPS) is 10.2. The van der Waals surface area contributed by atoms with Gasteiger partial charge in [-0.2, -0.15) is 0 Å². The van der Waals surface area contributed by atoms with E-state index in [1.165, 1.54) is 12.1 Å². The predicted octanol–water partition coefficient (Wildman–Crippen LogP) is 2.78. The van der Waals surface area contributed by atoms with E-state index in [2.05, 4.69) is 10.6 Å². The number of halogens is 1. The Labute approximate surface area is 137 Å². The van der Waals surface area contributed by atoms with Gasteiger partial charge in [-0.25, -0.2) is 9.18 Å². The number of urea groups is 1. The lowest BCUT2D eigenvalue weighted by atomic mass is 10.2. The Morgan fingerprint density at radius 1 is 1.04 bits per heavy atom. The van der Waals surface area contributed by atoms with Gasteiger partial charge in [0.05, 0.1) is 5.56 Å². The van der Waals surface area contributed by atoms with Gasteiger partial charge in [0, 0.05) is 26.2 Å². The maximum absolute atomic E-state index is 13.4. The maximum atomic E-state index is 13.4. The zero-order chi connectivity index (χ0) is 17.1. The first-order valence-electron chi connectivity index (χ1n) is 8.15. The molecule has 0 heterocycles. The van der Waals surface area contributed by atoms with Crippen LogP contribution >= 0.6 is 0 Å². The molecule has 0 spiro atoms. The summed E-state index contributed by atoms with van der Waals surface area (Å²) in [7, 11) is 0. The van der Waals surface area contributed by atoms with E-state index < -0.39 is 11.7 Å². The smallest absolute Gasteiger partial charge is 0.317 e. The summed E-state index contributed by atoms with van der Waals surface area (Å²) in [4.78, 5) is 25.5. The summed E-state index contributed by atoms with van der Waals surface area (Å²) in [5.74, 6) is -0.971. The van der Waals surface area contributed by atoms with Crippen LogP contribution in [0.1, 0.15) is 43.5 Å². The summed E-state index contributed by atoms with van der Waals surface area (Å²) in [5, 5.41) is 5.49. The Morgan fingerprint density at radius 3 is 2.26 bits per heavy atom. The minimum Gasteiger partial charge on any atom is -0.352 e. The average Bonchev–Trinajstić information content (AvgIpc) is 2.54. The molecule has 0 atom stereocenters. The van der Waals surface area contributed by atoms with E-state index in [9.17, 15) is 14.0 Å². The molecule has 0 saturated carbocycles. The SMILES string of the molecule is CCCN(CCC)C(=O)NCCCNC(=O)c1ccccc1F. The van der Waals surface area contributed by atoms with Crippen LogP contribution in [-0.2, 0) is 0 Å². The molecule has 0 aliphatic carbocycles. The molecule has 3 amide bonds. The standard InChI is InChI=1S/C17H26FN3O2/c1-3-12-21(13-4-2)17(23)20-11-7-10-19-16(22)14-8-5-6-9-15(14)18/h5-6,8-9H,3-4,7,10-13H2,1-2H3,(H,19,22)(H,20,23). The number of rotatable bonds is 9. The van der Waals surface area contributed by atoms with Crippen LogP contribution in [0.5, 0.6) is 0 Å². The van der Waals surface area contributed by atoms with Crippen molar-refractivity contribution in [3.05, 3.63) is 35.6 Å². The van der Waals surface area contributed by atoms with Crippen molar-refractivity contribution < 1.29 is 14.0 Å². The summed E-state index contributed by atoms with van der Waals surface area (Å²) in [5.41, 5.74) is 0.0357. The molecule has 128 valence electrons. The van der Waals surface area contributed by atoms with Crippen molar-refractivity contribution in [3.63, 3.8) is 0 Å². The van der Waals surface area contributed by atoms with Crippen molar-refractivity contribution >= 4 is 11.9 Å². The highest BCUT2D eigenvalue weighted by Crippen LogP contribution is 2.05. The molecule has 1 aromatic rings. The Hall–Kier alpha value is -2.11. The molecule has 1 rings (SSSR count). The van der Waals surface area contributed by atoms with Crippen LogP contribution in [0.4, 0.5) is 9.18 Å². The lowest BCUT2D eigenvalue weighted by molar-refractivity contribution is 0.0949. The molecule has 0 radical (unpaired) electrons. The first-order valence-corrected chi connectivity index (χ1v) is 8.15. The number of benzene rings is 1. The van der Waals surface area contributed by atoms with E-state index in [1.54, 1.807) is 17.0 Å². The number of carbonyl (C=O) groups is 2. The Balaban J connectivity index is 2.26. The topological polar surface area (TPSA) is 61.4 Å². The molecule has 0 bridgehead atoms. The van der Waals surface area contributed by atoms with Gasteiger partial charge in [0.25, 0.3) is 5.91 Å². The van der Waals surface area contributed by atoms with Gasteiger partial charge in [-0.3, -0.25) is 4.79 Å². The Kier molecular flexibility index (Phi) is 8.72. The number of amides is 3. The lowest BCUT2D eigenvalue weighted by Crippen LogP contribution is -2.41. The zero-order valence-electron chi connectivity index (χ0n) is 13.9. The maximum Gasteiger partial charge on any atom is 0.317 e. The molecule has 0 aliphatic heterocycles. The summed E-state index contributed by atoms with van der Waals surface area (Å²) < 4.78 is 13.4. The van der Waals surface area contributed by atoms with E-state index >= 15 is 0 Å². The van der Waals surface area contributed by atoms with Crippen molar-refractivity contribution in [3.8, 4) is 0 Å². The minimum atomic E-state index is -0.534. The Bertz CT molecular complexity index is 502. The van der Waals surface area contributed by atoms with E-state index in [0.29, 0.717) is 19.5 Å². The predicted molar refractivity (Wildman–Crippen MR) is 88.9 cm³/mol. The molecular weight excluding hydrogens is 297 g/mol. The summed E-state index contributed by atoms with van der Waals surface area (Å²) in [6.45, 7) is 6.41. The van der Waals surface area contributed by atoms with Crippen LogP contribution in [0.15, 0.2) is 24.3 Å². The number of nitrogens with one attached hydrogen (secondary N) is 2. The number of nitrogens with zero attached hydrogens (tertiary/aromatic N) is 1. The number of carbonyl (C=O) groups excluding carboxylic acids is 2. The van der Waals surface area contributed by atoms with Gasteiger partial charge in [0.15, 0.2) is 0 Å². The van der Waals surface area contributed by atoms with Crippen molar-refractivity contribution in [2.45, 2.75) is 33.1 Å². The number of hydrogen-bond donors (Lipinski definition) is 2. The van der Waals surface area contributed by atoms with Crippen molar-refractivity contribution in [1.82, 2.24) is 15.5 Å².